The van der Waals surface area contributed by atoms with Gasteiger partial charge in [0.05, 0.1) is 11.1 Å². The van der Waals surface area contributed by atoms with E-state index in [2.05, 4.69) is 57.3 Å². The van der Waals surface area contributed by atoms with Gasteiger partial charge in [-0.3, -0.25) is 5.32 Å². The van der Waals surface area contributed by atoms with Crippen molar-refractivity contribution in [2.24, 2.45) is 0 Å². The first kappa shape index (κ1) is 20.8. The second-order valence-electron chi connectivity index (χ2n) is 10.2. The van der Waals surface area contributed by atoms with Gasteiger partial charge >= 0.3 is 6.03 Å². The third-order valence-corrected chi connectivity index (χ3v) is 6.63. The number of anilines is 2. The molecule has 0 saturated heterocycles. The van der Waals surface area contributed by atoms with Gasteiger partial charge in [0, 0.05) is 29.8 Å². The van der Waals surface area contributed by atoms with E-state index < -0.39 is 0 Å². The highest BCUT2D eigenvalue weighted by Crippen LogP contribution is 2.43. The fourth-order valence-electron chi connectivity index (χ4n) is 4.65. The predicted octanol–water partition coefficient (Wildman–Crippen LogP) is 4.48. The van der Waals surface area contributed by atoms with E-state index in [0.717, 1.165) is 42.4 Å². The van der Waals surface area contributed by atoms with Crippen molar-refractivity contribution < 1.29 is 9.32 Å². The Bertz CT molecular complexity index is 1130. The lowest BCUT2D eigenvalue weighted by molar-refractivity contribution is 0.241. The molecule has 2 saturated carbocycles. The van der Waals surface area contributed by atoms with Crippen LogP contribution in [-0.2, 0) is 5.41 Å². The van der Waals surface area contributed by atoms with E-state index in [0.29, 0.717) is 23.7 Å². The van der Waals surface area contributed by atoms with Crippen molar-refractivity contribution in [3.63, 3.8) is 0 Å². The minimum Gasteiger partial charge on any atom is -0.383 e. The summed E-state index contributed by atoms with van der Waals surface area (Å²) in [6.07, 6.45) is 9.98. The Labute approximate surface area is 187 Å². The summed E-state index contributed by atoms with van der Waals surface area (Å²) in [6, 6.07) is 2.19. The molecule has 0 atom stereocenters. The lowest BCUT2D eigenvalue weighted by atomic mass is 9.82. The summed E-state index contributed by atoms with van der Waals surface area (Å²) in [7, 11) is 0. The Morgan fingerprint density at radius 3 is 2.56 bits per heavy atom. The Morgan fingerprint density at radius 1 is 1.16 bits per heavy atom. The number of fused-ring (bicyclic) bond motifs is 1. The van der Waals surface area contributed by atoms with Crippen molar-refractivity contribution in [1.82, 2.24) is 25.0 Å². The summed E-state index contributed by atoms with van der Waals surface area (Å²) in [6.45, 7) is 6.15. The van der Waals surface area contributed by atoms with Gasteiger partial charge in [-0.15, -0.1) is 0 Å². The number of rotatable bonds is 4. The van der Waals surface area contributed by atoms with E-state index in [1.807, 2.05) is 0 Å². The maximum Gasteiger partial charge on any atom is 0.321 e. The van der Waals surface area contributed by atoms with Crippen molar-refractivity contribution in [3.05, 3.63) is 29.8 Å². The fourth-order valence-corrected chi connectivity index (χ4v) is 4.65. The number of nitrogens with two attached hydrogens (primary N) is 1. The summed E-state index contributed by atoms with van der Waals surface area (Å²) >= 11 is 0. The molecular weight excluding hydrogens is 406 g/mol. The SMILES string of the molecule is CC(C)(C)c1cc(NC(=O)NC2CCC(c3cn(C4CC4)c4ncnc(N)c34)CC2)on1. The molecule has 2 aliphatic rings. The van der Waals surface area contributed by atoms with Gasteiger partial charge < -0.3 is 20.1 Å². The maximum absolute atomic E-state index is 12.4. The van der Waals surface area contributed by atoms with E-state index in [1.54, 1.807) is 12.4 Å². The lowest BCUT2D eigenvalue weighted by Gasteiger charge is -2.29. The standard InChI is InChI=1S/C23H31N7O2/c1-23(2,3)17-10-18(32-29-17)28-22(31)27-14-6-4-13(5-7-14)16-11-30(15-8-9-15)21-19(16)20(24)25-12-26-21/h10-15H,4-9H2,1-3H3,(H2,24,25,26)(H2,27,28,31). The van der Waals surface area contributed by atoms with Crippen LogP contribution in [0, 0.1) is 0 Å². The Kier molecular flexibility index (Phi) is 5.06. The zero-order chi connectivity index (χ0) is 22.5. The van der Waals surface area contributed by atoms with Gasteiger partial charge in [-0.1, -0.05) is 25.9 Å². The zero-order valence-electron chi connectivity index (χ0n) is 18.9. The van der Waals surface area contributed by atoms with Crippen molar-refractivity contribution in [2.45, 2.75) is 82.7 Å². The van der Waals surface area contributed by atoms with Gasteiger partial charge in [0.25, 0.3) is 0 Å². The van der Waals surface area contributed by atoms with Crippen LogP contribution in [0.5, 0.6) is 0 Å². The Balaban J connectivity index is 1.21. The summed E-state index contributed by atoms with van der Waals surface area (Å²) in [5.74, 6) is 1.32. The number of urea groups is 1. The average Bonchev–Trinajstić information content (AvgIpc) is 3.33. The van der Waals surface area contributed by atoms with Gasteiger partial charge in [0.15, 0.2) is 0 Å². The summed E-state index contributed by atoms with van der Waals surface area (Å²) in [5, 5.41) is 10.9. The number of hydrogen-bond donors (Lipinski definition) is 3. The predicted molar refractivity (Wildman–Crippen MR) is 123 cm³/mol. The number of nitrogens with zero attached hydrogens (tertiary/aromatic N) is 4. The molecule has 170 valence electrons. The maximum atomic E-state index is 12.4. The molecule has 0 radical (unpaired) electrons. The molecule has 2 amide bonds. The van der Waals surface area contributed by atoms with Crippen LogP contribution < -0.4 is 16.4 Å². The van der Waals surface area contributed by atoms with Crippen molar-refractivity contribution in [1.29, 1.82) is 0 Å². The summed E-state index contributed by atoms with van der Waals surface area (Å²) in [4.78, 5) is 21.2. The minimum atomic E-state index is -0.256. The van der Waals surface area contributed by atoms with Crippen LogP contribution >= 0.6 is 0 Å². The van der Waals surface area contributed by atoms with Gasteiger partial charge in [-0.2, -0.15) is 0 Å². The molecule has 0 spiro atoms. The van der Waals surface area contributed by atoms with Crippen LogP contribution in [0.1, 0.15) is 82.5 Å². The molecule has 0 unspecified atom stereocenters. The summed E-state index contributed by atoms with van der Waals surface area (Å²) < 4.78 is 7.54. The monoisotopic (exact) mass is 437 g/mol. The second kappa shape index (κ2) is 7.79. The molecule has 5 rings (SSSR count). The van der Waals surface area contributed by atoms with E-state index >= 15 is 0 Å². The molecule has 9 heteroatoms. The van der Waals surface area contributed by atoms with Crippen LogP contribution in [0.15, 0.2) is 23.1 Å². The average molecular weight is 438 g/mol. The van der Waals surface area contributed by atoms with E-state index in [4.69, 9.17) is 10.3 Å². The van der Waals surface area contributed by atoms with E-state index in [9.17, 15) is 4.79 Å². The molecule has 9 nitrogen and oxygen atoms in total. The molecule has 0 aromatic carbocycles. The van der Waals surface area contributed by atoms with Gasteiger partial charge in [0.2, 0.25) is 5.88 Å². The first-order chi connectivity index (χ1) is 15.3. The molecule has 2 fully saturated rings. The third-order valence-electron chi connectivity index (χ3n) is 6.63. The smallest absolute Gasteiger partial charge is 0.321 e. The topological polar surface area (TPSA) is 124 Å². The van der Waals surface area contributed by atoms with Crippen LogP contribution in [0.4, 0.5) is 16.5 Å². The molecule has 3 aromatic rings. The first-order valence-corrected chi connectivity index (χ1v) is 11.4. The highest BCUT2D eigenvalue weighted by Gasteiger charge is 2.31. The van der Waals surface area contributed by atoms with Crippen LogP contribution in [-0.4, -0.2) is 31.8 Å². The number of aromatic nitrogens is 4. The Morgan fingerprint density at radius 2 is 1.91 bits per heavy atom. The molecule has 0 aliphatic heterocycles. The van der Waals surface area contributed by atoms with Crippen molar-refractivity contribution >= 4 is 28.8 Å². The van der Waals surface area contributed by atoms with E-state index in [1.165, 1.54) is 18.4 Å². The normalized spacial score (nSPS) is 21.6. The van der Waals surface area contributed by atoms with E-state index in [-0.39, 0.29) is 17.5 Å². The van der Waals surface area contributed by atoms with Crippen LogP contribution in [0.3, 0.4) is 0 Å². The molecule has 4 N–H and O–H groups in total. The number of nitrogens with one attached hydrogen (secondary N) is 2. The number of nitrogen functional groups attached to an aromatic ring is 1. The molecular formula is C23H31N7O2. The molecule has 3 aromatic heterocycles. The zero-order valence-corrected chi connectivity index (χ0v) is 18.9. The van der Waals surface area contributed by atoms with Gasteiger partial charge in [0.1, 0.15) is 17.8 Å². The molecule has 3 heterocycles. The van der Waals surface area contributed by atoms with Crippen LogP contribution in [0.2, 0.25) is 0 Å². The minimum absolute atomic E-state index is 0.127. The number of hydrogen-bond acceptors (Lipinski definition) is 6. The quantitative estimate of drug-likeness (QED) is 0.553. The lowest BCUT2D eigenvalue weighted by Crippen LogP contribution is -2.39. The van der Waals surface area contributed by atoms with Crippen molar-refractivity contribution in [2.75, 3.05) is 11.1 Å². The third kappa shape index (κ3) is 4.03. The highest BCUT2D eigenvalue weighted by molar-refractivity contribution is 5.90. The first-order valence-electron chi connectivity index (χ1n) is 11.4. The molecule has 32 heavy (non-hydrogen) atoms. The summed E-state index contributed by atoms with van der Waals surface area (Å²) in [5.41, 5.74) is 9.14. The van der Waals surface area contributed by atoms with Crippen molar-refractivity contribution in [3.8, 4) is 0 Å². The fraction of sp³-hybridized carbons (Fsp3) is 0.565. The van der Waals surface area contributed by atoms with Gasteiger partial charge in [-0.05, 0) is 50.0 Å². The largest absolute Gasteiger partial charge is 0.383 e. The molecule has 2 aliphatic carbocycles. The van der Waals surface area contributed by atoms with Gasteiger partial charge in [-0.25, -0.2) is 14.8 Å². The highest BCUT2D eigenvalue weighted by atomic mass is 16.5. The second-order valence-corrected chi connectivity index (χ2v) is 10.2. The van der Waals surface area contributed by atoms with Crippen LogP contribution in [0.25, 0.3) is 11.0 Å². The number of carbonyl (C=O) groups excluding carboxylic acids is 1. The number of carbonyl (C=O) groups is 1. The Hall–Kier alpha value is -3.10. The molecule has 0 bridgehead atoms. The number of amides is 2.